The van der Waals surface area contributed by atoms with Crippen LogP contribution in [-0.4, -0.2) is 5.78 Å². The smallest absolute Gasteiger partial charge is 0.132 e. The summed E-state index contributed by atoms with van der Waals surface area (Å²) in [6, 6.07) is 2.16. The van der Waals surface area contributed by atoms with Gasteiger partial charge in [0.2, 0.25) is 0 Å². The Morgan fingerprint density at radius 1 is 1.46 bits per heavy atom. The molecule has 2 heteroatoms. The summed E-state index contributed by atoms with van der Waals surface area (Å²) < 4.78 is 0. The molecule has 0 N–H and O–H groups in total. The van der Waals surface area contributed by atoms with E-state index in [4.69, 9.17) is 0 Å². The largest absolute Gasteiger partial charge is 0.300 e. The minimum Gasteiger partial charge on any atom is -0.300 e. The van der Waals surface area contributed by atoms with Crippen molar-refractivity contribution in [3.63, 3.8) is 0 Å². The summed E-state index contributed by atoms with van der Waals surface area (Å²) in [6.45, 7) is 1.93. The highest BCUT2D eigenvalue weighted by Crippen LogP contribution is 2.10. The fraction of sp³-hybridized carbons (Fsp3) is 0.545. The monoisotopic (exact) mass is 196 g/mol. The van der Waals surface area contributed by atoms with E-state index in [1.54, 1.807) is 11.3 Å². The third-order valence-electron chi connectivity index (χ3n) is 2.15. The number of ketones is 1. The minimum atomic E-state index is 0.394. The number of Topliss-reactive ketones (excluding diaryl/α,β-unsaturated/α-hetero) is 1. The Morgan fingerprint density at radius 3 is 2.92 bits per heavy atom. The molecule has 0 aliphatic heterocycles. The third kappa shape index (κ3) is 4.23. The average molecular weight is 196 g/mol. The molecular formula is C11H16OS. The fourth-order valence-corrected chi connectivity index (χ4v) is 1.97. The molecule has 0 unspecified atom stereocenters. The number of aryl methyl sites for hydroxylation is 1. The van der Waals surface area contributed by atoms with E-state index in [9.17, 15) is 4.79 Å². The fourth-order valence-electron chi connectivity index (χ4n) is 1.26. The van der Waals surface area contributed by atoms with E-state index in [-0.39, 0.29) is 0 Å². The maximum atomic E-state index is 11.0. The molecule has 0 spiro atoms. The van der Waals surface area contributed by atoms with E-state index < -0.39 is 0 Å². The zero-order chi connectivity index (χ0) is 9.52. The molecule has 0 amide bonds. The first-order valence-electron chi connectivity index (χ1n) is 4.85. The van der Waals surface area contributed by atoms with Crippen LogP contribution >= 0.6 is 11.3 Å². The van der Waals surface area contributed by atoms with E-state index in [1.165, 1.54) is 5.56 Å². The second-order valence-electron chi connectivity index (χ2n) is 3.23. The Morgan fingerprint density at radius 2 is 2.31 bits per heavy atom. The molecule has 0 bridgehead atoms. The molecule has 0 aromatic carbocycles. The van der Waals surface area contributed by atoms with Crippen LogP contribution in [0.15, 0.2) is 16.8 Å². The van der Waals surface area contributed by atoms with Gasteiger partial charge in [0.05, 0.1) is 0 Å². The molecule has 1 rings (SSSR count). The number of hydrogen-bond acceptors (Lipinski definition) is 2. The van der Waals surface area contributed by atoms with Crippen molar-refractivity contribution in [1.82, 2.24) is 0 Å². The van der Waals surface area contributed by atoms with Gasteiger partial charge in [-0.15, -0.1) is 0 Å². The van der Waals surface area contributed by atoms with Gasteiger partial charge in [0.1, 0.15) is 5.78 Å². The second-order valence-corrected chi connectivity index (χ2v) is 4.01. The third-order valence-corrected chi connectivity index (χ3v) is 2.88. The van der Waals surface area contributed by atoms with E-state index in [2.05, 4.69) is 16.8 Å². The summed E-state index contributed by atoms with van der Waals surface area (Å²) in [5, 5.41) is 4.29. The summed E-state index contributed by atoms with van der Waals surface area (Å²) in [4.78, 5) is 11.0. The molecule has 1 aromatic rings. The van der Waals surface area contributed by atoms with Crippen LogP contribution in [0.25, 0.3) is 0 Å². The topological polar surface area (TPSA) is 17.1 Å². The van der Waals surface area contributed by atoms with Gasteiger partial charge in [-0.2, -0.15) is 11.3 Å². The van der Waals surface area contributed by atoms with Crippen LogP contribution in [0.3, 0.4) is 0 Å². The zero-order valence-electron chi connectivity index (χ0n) is 8.08. The van der Waals surface area contributed by atoms with Crippen molar-refractivity contribution >= 4 is 17.1 Å². The number of rotatable bonds is 6. The number of unbranched alkanes of at least 4 members (excludes halogenated alkanes) is 1. The zero-order valence-corrected chi connectivity index (χ0v) is 8.90. The maximum Gasteiger partial charge on any atom is 0.132 e. The first-order chi connectivity index (χ1) is 6.33. The Labute approximate surface area is 83.8 Å². The predicted molar refractivity (Wildman–Crippen MR) is 57.2 cm³/mol. The lowest BCUT2D eigenvalue weighted by atomic mass is 10.1. The van der Waals surface area contributed by atoms with Gasteiger partial charge >= 0.3 is 0 Å². The van der Waals surface area contributed by atoms with Crippen LogP contribution in [0.4, 0.5) is 0 Å². The number of thiophene rings is 1. The number of hydrogen-bond donors (Lipinski definition) is 0. The molecule has 0 fully saturated rings. The Bertz CT molecular complexity index is 239. The summed E-state index contributed by atoms with van der Waals surface area (Å²) in [5.74, 6) is 0.394. The van der Waals surface area contributed by atoms with Crippen molar-refractivity contribution in [2.75, 3.05) is 0 Å². The highest BCUT2D eigenvalue weighted by atomic mass is 32.1. The highest BCUT2D eigenvalue weighted by molar-refractivity contribution is 7.07. The normalized spacial score (nSPS) is 10.2. The van der Waals surface area contributed by atoms with Crippen LogP contribution in [-0.2, 0) is 11.2 Å². The minimum absolute atomic E-state index is 0.394. The lowest BCUT2D eigenvalue weighted by Gasteiger charge is -1.97. The van der Waals surface area contributed by atoms with Crippen LogP contribution < -0.4 is 0 Å². The molecular weight excluding hydrogens is 180 g/mol. The maximum absolute atomic E-state index is 11.0. The van der Waals surface area contributed by atoms with E-state index in [0.29, 0.717) is 12.2 Å². The van der Waals surface area contributed by atoms with Crippen molar-refractivity contribution in [3.05, 3.63) is 22.4 Å². The van der Waals surface area contributed by atoms with Gasteiger partial charge in [-0.1, -0.05) is 6.92 Å². The lowest BCUT2D eigenvalue weighted by molar-refractivity contribution is -0.118. The molecule has 0 radical (unpaired) electrons. The Balaban J connectivity index is 2.05. The van der Waals surface area contributed by atoms with Crippen molar-refractivity contribution in [1.29, 1.82) is 0 Å². The number of carbonyl (C=O) groups excluding carboxylic acids is 1. The molecule has 0 aliphatic carbocycles. The van der Waals surface area contributed by atoms with Gasteiger partial charge in [0, 0.05) is 12.8 Å². The summed E-state index contributed by atoms with van der Waals surface area (Å²) >= 11 is 1.74. The van der Waals surface area contributed by atoms with Crippen molar-refractivity contribution in [2.24, 2.45) is 0 Å². The van der Waals surface area contributed by atoms with Gasteiger partial charge in [-0.25, -0.2) is 0 Å². The summed E-state index contributed by atoms with van der Waals surface area (Å²) in [6.07, 6.45) is 4.77. The number of carbonyl (C=O) groups is 1. The summed E-state index contributed by atoms with van der Waals surface area (Å²) in [5.41, 5.74) is 1.41. The SMILES string of the molecule is CCC(=O)CCCCc1ccsc1. The molecule has 1 nitrogen and oxygen atoms in total. The van der Waals surface area contributed by atoms with E-state index in [1.807, 2.05) is 6.92 Å². The molecule has 72 valence electrons. The van der Waals surface area contributed by atoms with Crippen molar-refractivity contribution in [3.8, 4) is 0 Å². The quantitative estimate of drug-likeness (QED) is 0.637. The van der Waals surface area contributed by atoms with Crippen LogP contribution in [0.1, 0.15) is 38.2 Å². The van der Waals surface area contributed by atoms with Crippen LogP contribution in [0.5, 0.6) is 0 Å². The Kier molecular flexibility index (Phi) is 4.76. The average Bonchev–Trinajstić information content (AvgIpc) is 2.64. The molecule has 0 saturated heterocycles. The predicted octanol–water partition coefficient (Wildman–Crippen LogP) is 3.44. The van der Waals surface area contributed by atoms with E-state index >= 15 is 0 Å². The molecule has 0 atom stereocenters. The van der Waals surface area contributed by atoms with Gasteiger partial charge < -0.3 is 0 Å². The molecule has 13 heavy (non-hydrogen) atoms. The van der Waals surface area contributed by atoms with Crippen molar-refractivity contribution < 1.29 is 4.79 Å². The van der Waals surface area contributed by atoms with Gasteiger partial charge in [-0.3, -0.25) is 4.79 Å². The molecule has 1 heterocycles. The first kappa shape index (κ1) is 10.5. The second kappa shape index (κ2) is 5.92. The highest BCUT2D eigenvalue weighted by Gasteiger charge is 1.98. The Hall–Kier alpha value is -0.630. The molecule has 1 aromatic heterocycles. The standard InChI is InChI=1S/C11H16OS/c1-2-11(12)6-4-3-5-10-7-8-13-9-10/h7-9H,2-6H2,1H3. The van der Waals surface area contributed by atoms with Gasteiger partial charge in [-0.05, 0) is 41.7 Å². The van der Waals surface area contributed by atoms with Crippen LogP contribution in [0, 0.1) is 0 Å². The van der Waals surface area contributed by atoms with Gasteiger partial charge in [0.25, 0.3) is 0 Å². The molecule has 0 saturated carbocycles. The molecule has 0 aliphatic rings. The van der Waals surface area contributed by atoms with Gasteiger partial charge in [0.15, 0.2) is 0 Å². The van der Waals surface area contributed by atoms with Crippen molar-refractivity contribution in [2.45, 2.75) is 39.0 Å². The van der Waals surface area contributed by atoms with Crippen LogP contribution in [0.2, 0.25) is 0 Å². The van der Waals surface area contributed by atoms with E-state index in [0.717, 1.165) is 25.7 Å². The first-order valence-corrected chi connectivity index (χ1v) is 5.80. The lowest BCUT2D eigenvalue weighted by Crippen LogP contribution is -1.94. The summed E-state index contributed by atoms with van der Waals surface area (Å²) in [7, 11) is 0.